The Morgan fingerprint density at radius 2 is 1.54 bits per heavy atom. The van der Waals surface area contributed by atoms with E-state index in [1.165, 1.54) is 110 Å². The molecule has 1 fully saturated rings. The third kappa shape index (κ3) is 10.0. The smallest absolute Gasteiger partial charge is 0.000664 e. The summed E-state index contributed by atoms with van der Waals surface area (Å²) in [6.07, 6.45) is 16.8. The second-order valence-corrected chi connectivity index (χ2v) is 8.01. The van der Waals surface area contributed by atoms with Crippen molar-refractivity contribution < 1.29 is 0 Å². The zero-order valence-electron chi connectivity index (χ0n) is 17.1. The number of likely N-dealkylation sites (tertiary alicyclic amines) is 1. The molecule has 2 heteroatoms. The summed E-state index contributed by atoms with van der Waals surface area (Å²) in [6, 6.07) is 0. The molecule has 0 aromatic carbocycles. The van der Waals surface area contributed by atoms with Crippen molar-refractivity contribution in [3.8, 4) is 0 Å². The number of rotatable bonds is 15. The highest BCUT2D eigenvalue weighted by atomic mass is 15.1. The molecule has 144 valence electrons. The monoisotopic (exact) mass is 338 g/mol. The highest BCUT2D eigenvalue weighted by molar-refractivity contribution is 4.71. The normalized spacial score (nSPS) is 18.6. The molecule has 1 N–H and O–H groups in total. The lowest BCUT2D eigenvalue weighted by molar-refractivity contribution is 0.224. The van der Waals surface area contributed by atoms with Gasteiger partial charge in [-0.2, -0.15) is 0 Å². The van der Waals surface area contributed by atoms with Gasteiger partial charge in [0, 0.05) is 0 Å². The van der Waals surface area contributed by atoms with E-state index in [0.29, 0.717) is 0 Å². The molecule has 1 aliphatic heterocycles. The summed E-state index contributed by atoms with van der Waals surface area (Å²) in [4.78, 5) is 2.66. The molecular weight excluding hydrogens is 292 g/mol. The molecule has 24 heavy (non-hydrogen) atoms. The van der Waals surface area contributed by atoms with Gasteiger partial charge in [0.15, 0.2) is 0 Å². The number of unbranched alkanes of at least 4 members (excludes halogenated alkanes) is 2. The molecule has 1 rings (SSSR count). The fourth-order valence-corrected chi connectivity index (χ4v) is 4.44. The first-order chi connectivity index (χ1) is 11.8. The van der Waals surface area contributed by atoms with Crippen LogP contribution < -0.4 is 5.32 Å². The van der Waals surface area contributed by atoms with Crippen molar-refractivity contribution in [3.63, 3.8) is 0 Å². The maximum absolute atomic E-state index is 3.74. The summed E-state index contributed by atoms with van der Waals surface area (Å²) in [7, 11) is 0. The minimum atomic E-state index is 0.955. The topological polar surface area (TPSA) is 15.3 Å². The van der Waals surface area contributed by atoms with E-state index in [4.69, 9.17) is 0 Å². The Morgan fingerprint density at radius 1 is 0.750 bits per heavy atom. The predicted molar refractivity (Wildman–Crippen MR) is 109 cm³/mol. The fourth-order valence-electron chi connectivity index (χ4n) is 4.44. The Balaban J connectivity index is 2.15. The first-order valence-electron chi connectivity index (χ1n) is 11.2. The Morgan fingerprint density at radius 3 is 2.21 bits per heavy atom. The standard InChI is InChI=1S/C22H46N2/c1-4-7-9-14-22(21(6-3)13-5-2)15-17-23-16-12-20-24-18-10-8-11-19-24/h21-23H,4-20H2,1-3H3. The molecule has 2 unspecified atom stereocenters. The van der Waals surface area contributed by atoms with Gasteiger partial charge in [-0.05, 0) is 70.2 Å². The van der Waals surface area contributed by atoms with Gasteiger partial charge >= 0.3 is 0 Å². The number of piperidine rings is 1. The predicted octanol–water partition coefficient (Wildman–Crippen LogP) is 5.86. The minimum absolute atomic E-state index is 0.955. The zero-order chi connectivity index (χ0) is 17.5. The number of nitrogens with one attached hydrogen (secondary N) is 1. The number of nitrogens with zero attached hydrogens (tertiary/aromatic N) is 1. The van der Waals surface area contributed by atoms with Crippen molar-refractivity contribution in [3.05, 3.63) is 0 Å². The molecule has 2 atom stereocenters. The van der Waals surface area contributed by atoms with Crippen LogP contribution in [-0.2, 0) is 0 Å². The lowest BCUT2D eigenvalue weighted by atomic mass is 9.81. The van der Waals surface area contributed by atoms with Crippen molar-refractivity contribution >= 4 is 0 Å². The third-order valence-electron chi connectivity index (χ3n) is 6.00. The van der Waals surface area contributed by atoms with Crippen molar-refractivity contribution in [1.29, 1.82) is 0 Å². The molecule has 0 saturated carbocycles. The quantitative estimate of drug-likeness (QED) is 0.376. The van der Waals surface area contributed by atoms with E-state index < -0.39 is 0 Å². The summed E-state index contributed by atoms with van der Waals surface area (Å²) >= 11 is 0. The van der Waals surface area contributed by atoms with E-state index >= 15 is 0 Å². The molecule has 0 amide bonds. The van der Waals surface area contributed by atoms with Gasteiger partial charge in [0.05, 0.1) is 0 Å². The van der Waals surface area contributed by atoms with E-state index in [1.807, 2.05) is 0 Å². The van der Waals surface area contributed by atoms with E-state index in [9.17, 15) is 0 Å². The van der Waals surface area contributed by atoms with Gasteiger partial charge in [0.25, 0.3) is 0 Å². The average molecular weight is 339 g/mol. The van der Waals surface area contributed by atoms with Crippen LogP contribution in [0.1, 0.15) is 97.8 Å². The third-order valence-corrected chi connectivity index (χ3v) is 6.00. The summed E-state index contributed by atoms with van der Waals surface area (Å²) < 4.78 is 0. The summed E-state index contributed by atoms with van der Waals surface area (Å²) in [6.45, 7) is 13.5. The molecule has 2 nitrogen and oxygen atoms in total. The molecule has 1 heterocycles. The number of hydrogen-bond donors (Lipinski definition) is 1. The van der Waals surface area contributed by atoms with Gasteiger partial charge in [0.2, 0.25) is 0 Å². The van der Waals surface area contributed by atoms with E-state index in [2.05, 4.69) is 31.0 Å². The molecule has 0 radical (unpaired) electrons. The van der Waals surface area contributed by atoms with Crippen LogP contribution in [0.15, 0.2) is 0 Å². The molecule has 1 aliphatic rings. The van der Waals surface area contributed by atoms with Crippen LogP contribution in [0, 0.1) is 11.8 Å². The second kappa shape index (κ2) is 15.2. The van der Waals surface area contributed by atoms with Crippen LogP contribution in [0.3, 0.4) is 0 Å². The van der Waals surface area contributed by atoms with E-state index in [1.54, 1.807) is 0 Å². The summed E-state index contributed by atoms with van der Waals surface area (Å²) in [5.41, 5.74) is 0. The molecule has 0 aromatic rings. The summed E-state index contributed by atoms with van der Waals surface area (Å²) in [5, 5.41) is 3.74. The second-order valence-electron chi connectivity index (χ2n) is 8.01. The van der Waals surface area contributed by atoms with Gasteiger partial charge in [-0.25, -0.2) is 0 Å². The van der Waals surface area contributed by atoms with Crippen molar-refractivity contribution in [2.45, 2.75) is 97.8 Å². The van der Waals surface area contributed by atoms with Crippen LogP contribution in [0.2, 0.25) is 0 Å². The van der Waals surface area contributed by atoms with E-state index in [0.717, 1.165) is 11.8 Å². The van der Waals surface area contributed by atoms with Crippen LogP contribution in [-0.4, -0.2) is 37.6 Å². The van der Waals surface area contributed by atoms with Crippen molar-refractivity contribution in [1.82, 2.24) is 10.2 Å². The highest BCUT2D eigenvalue weighted by Gasteiger charge is 2.18. The molecule has 1 saturated heterocycles. The van der Waals surface area contributed by atoms with Crippen LogP contribution in [0.25, 0.3) is 0 Å². The van der Waals surface area contributed by atoms with Gasteiger partial charge in [-0.3, -0.25) is 0 Å². The Labute approximate surface area is 153 Å². The van der Waals surface area contributed by atoms with Crippen molar-refractivity contribution in [2.24, 2.45) is 11.8 Å². The molecule has 0 spiro atoms. The highest BCUT2D eigenvalue weighted by Crippen LogP contribution is 2.28. The zero-order valence-corrected chi connectivity index (χ0v) is 17.1. The SMILES string of the molecule is CCCCCC(CCNCCCN1CCCCC1)C(CC)CCC. The van der Waals surface area contributed by atoms with Gasteiger partial charge < -0.3 is 10.2 Å². The lowest BCUT2D eigenvalue weighted by Crippen LogP contribution is -2.32. The maximum atomic E-state index is 3.74. The first kappa shape index (κ1) is 22.0. The lowest BCUT2D eigenvalue weighted by Gasteiger charge is -2.27. The Kier molecular flexibility index (Phi) is 13.9. The molecule has 0 aliphatic carbocycles. The van der Waals surface area contributed by atoms with Crippen molar-refractivity contribution in [2.75, 3.05) is 32.7 Å². The Bertz CT molecular complexity index is 261. The minimum Gasteiger partial charge on any atom is -0.317 e. The fraction of sp³-hybridized carbons (Fsp3) is 1.00. The molecule has 0 bridgehead atoms. The van der Waals surface area contributed by atoms with Crippen LogP contribution in [0.5, 0.6) is 0 Å². The largest absolute Gasteiger partial charge is 0.317 e. The maximum Gasteiger partial charge on any atom is -0.000664 e. The van der Waals surface area contributed by atoms with Crippen LogP contribution in [0.4, 0.5) is 0 Å². The first-order valence-corrected chi connectivity index (χ1v) is 11.2. The molecule has 0 aromatic heterocycles. The van der Waals surface area contributed by atoms with E-state index in [-0.39, 0.29) is 0 Å². The molecular formula is C22H46N2. The Hall–Kier alpha value is -0.0800. The summed E-state index contributed by atoms with van der Waals surface area (Å²) in [5.74, 6) is 1.91. The van der Waals surface area contributed by atoms with Gasteiger partial charge in [-0.1, -0.05) is 72.1 Å². The van der Waals surface area contributed by atoms with Gasteiger partial charge in [-0.15, -0.1) is 0 Å². The average Bonchev–Trinajstić information content (AvgIpc) is 2.62. The van der Waals surface area contributed by atoms with Gasteiger partial charge in [0.1, 0.15) is 0 Å². The number of hydrogen-bond acceptors (Lipinski definition) is 2. The van der Waals surface area contributed by atoms with Crippen LogP contribution >= 0.6 is 0 Å².